The molecule has 1 fully saturated rings. The molecule has 1 saturated heterocycles. The fraction of sp³-hybridized carbons (Fsp3) is 0.231. The number of nitrogens with one attached hydrogen (secondary N) is 1. The number of aromatic nitrogens is 3. The van der Waals surface area contributed by atoms with Crippen LogP contribution >= 0.6 is 0 Å². The molecule has 0 atom stereocenters. The molecule has 7 nitrogen and oxygen atoms in total. The Morgan fingerprint density at radius 3 is 2.62 bits per heavy atom. The summed E-state index contributed by atoms with van der Waals surface area (Å²) in [4.78, 5) is 27.9. The number of carbonyl (C=O) groups is 1. The summed E-state index contributed by atoms with van der Waals surface area (Å²) in [6, 6.07) is 13.3. The number of hydrogen-bond acceptors (Lipinski definition) is 6. The molecule has 1 aliphatic heterocycles. The van der Waals surface area contributed by atoms with Gasteiger partial charge in [-0.1, -0.05) is 12.1 Å². The normalized spacial score (nSPS) is 14.9. The molecule has 0 radical (unpaired) electrons. The molecule has 34 heavy (non-hydrogen) atoms. The second-order valence-corrected chi connectivity index (χ2v) is 8.52. The lowest BCUT2D eigenvalue weighted by Gasteiger charge is -2.29. The Morgan fingerprint density at radius 2 is 1.82 bits per heavy atom. The highest BCUT2D eigenvalue weighted by atomic mass is 19.1. The first-order valence-corrected chi connectivity index (χ1v) is 11.2. The standard InChI is InChI=1S/C26H24FN5O2/c27-22-5-3-18(4-6-22)25(34)31-26-29-15-20-2-1-19(12-24(20)30-26)21-11-17(13-28-14-21)16-32-9-7-23(33)8-10-32/h1-6,11-15,23,33H,7-10,16H2,(H,29,30,31,34). The molecule has 0 aliphatic carbocycles. The van der Waals surface area contributed by atoms with Gasteiger partial charge in [-0.3, -0.25) is 20.0 Å². The van der Waals surface area contributed by atoms with E-state index in [1.165, 1.54) is 24.3 Å². The summed E-state index contributed by atoms with van der Waals surface area (Å²) in [5.41, 5.74) is 4.07. The van der Waals surface area contributed by atoms with Crippen molar-refractivity contribution in [3.63, 3.8) is 0 Å². The maximum absolute atomic E-state index is 13.1. The average molecular weight is 458 g/mol. The Labute approximate surface area is 196 Å². The van der Waals surface area contributed by atoms with E-state index >= 15 is 0 Å². The van der Waals surface area contributed by atoms with Crippen LogP contribution in [-0.2, 0) is 6.54 Å². The number of halogens is 1. The Morgan fingerprint density at radius 1 is 1.03 bits per heavy atom. The van der Waals surface area contributed by atoms with Crippen LogP contribution in [0.15, 0.2) is 67.1 Å². The maximum Gasteiger partial charge on any atom is 0.258 e. The summed E-state index contributed by atoms with van der Waals surface area (Å²) in [5, 5.41) is 13.2. The third-order valence-electron chi connectivity index (χ3n) is 6.01. The summed E-state index contributed by atoms with van der Waals surface area (Å²) in [6.07, 6.45) is 6.77. The summed E-state index contributed by atoms with van der Waals surface area (Å²) in [7, 11) is 0. The SMILES string of the molecule is O=C(Nc1ncc2ccc(-c3cncc(CN4CCC(O)CC4)c3)cc2n1)c1ccc(F)cc1. The molecule has 5 rings (SSSR count). The van der Waals surface area contributed by atoms with Gasteiger partial charge in [-0.05, 0) is 60.4 Å². The zero-order valence-electron chi connectivity index (χ0n) is 18.5. The third kappa shape index (κ3) is 5.08. The summed E-state index contributed by atoms with van der Waals surface area (Å²) in [6.45, 7) is 2.55. The molecule has 8 heteroatoms. The van der Waals surface area contributed by atoms with Crippen molar-refractivity contribution in [2.24, 2.45) is 0 Å². The van der Waals surface area contributed by atoms with Crippen LogP contribution in [0.25, 0.3) is 22.0 Å². The number of rotatable bonds is 5. The number of pyridine rings is 1. The van der Waals surface area contributed by atoms with Crippen molar-refractivity contribution in [2.45, 2.75) is 25.5 Å². The molecule has 1 amide bonds. The van der Waals surface area contributed by atoms with Crippen molar-refractivity contribution >= 4 is 22.8 Å². The van der Waals surface area contributed by atoms with Gasteiger partial charge in [0.1, 0.15) is 5.82 Å². The molecule has 2 aromatic heterocycles. The molecule has 0 unspecified atom stereocenters. The Balaban J connectivity index is 1.35. The molecule has 2 aromatic carbocycles. The molecule has 2 N–H and O–H groups in total. The number of aliphatic hydroxyl groups is 1. The zero-order valence-corrected chi connectivity index (χ0v) is 18.5. The topological polar surface area (TPSA) is 91.2 Å². The van der Waals surface area contributed by atoms with Gasteiger partial charge in [-0.15, -0.1) is 0 Å². The second-order valence-electron chi connectivity index (χ2n) is 8.52. The van der Waals surface area contributed by atoms with E-state index in [-0.39, 0.29) is 12.1 Å². The smallest absolute Gasteiger partial charge is 0.258 e. The van der Waals surface area contributed by atoms with Gasteiger partial charge in [-0.25, -0.2) is 14.4 Å². The first-order chi connectivity index (χ1) is 16.5. The molecular weight excluding hydrogens is 433 g/mol. The molecular formula is C26H24FN5O2. The van der Waals surface area contributed by atoms with Crippen LogP contribution in [0.4, 0.5) is 10.3 Å². The minimum Gasteiger partial charge on any atom is -0.393 e. The van der Waals surface area contributed by atoms with Crippen LogP contribution < -0.4 is 5.32 Å². The van der Waals surface area contributed by atoms with Crippen LogP contribution in [-0.4, -0.2) is 50.1 Å². The molecule has 0 saturated carbocycles. The highest BCUT2D eigenvalue weighted by Gasteiger charge is 2.17. The lowest BCUT2D eigenvalue weighted by molar-refractivity contribution is 0.0792. The fourth-order valence-electron chi connectivity index (χ4n) is 4.11. The first kappa shape index (κ1) is 22.1. The van der Waals surface area contributed by atoms with Crippen LogP contribution in [0.5, 0.6) is 0 Å². The number of anilines is 1. The van der Waals surface area contributed by atoms with Crippen LogP contribution in [0.2, 0.25) is 0 Å². The lowest BCUT2D eigenvalue weighted by Crippen LogP contribution is -2.35. The first-order valence-electron chi connectivity index (χ1n) is 11.2. The van der Waals surface area contributed by atoms with E-state index in [4.69, 9.17) is 0 Å². The van der Waals surface area contributed by atoms with Gasteiger partial charge in [0.25, 0.3) is 5.91 Å². The van der Waals surface area contributed by atoms with Crippen LogP contribution in [0.3, 0.4) is 0 Å². The molecule has 4 aromatic rings. The Bertz CT molecular complexity index is 1320. The minimum atomic E-state index is -0.405. The number of carbonyl (C=O) groups excluding carboxylic acids is 1. The van der Waals surface area contributed by atoms with Crippen molar-refractivity contribution in [1.29, 1.82) is 0 Å². The van der Waals surface area contributed by atoms with E-state index in [1.54, 1.807) is 6.20 Å². The van der Waals surface area contributed by atoms with Crippen molar-refractivity contribution in [1.82, 2.24) is 19.9 Å². The summed E-state index contributed by atoms with van der Waals surface area (Å²) in [5.74, 6) is -0.630. The van der Waals surface area contributed by atoms with Crippen molar-refractivity contribution in [2.75, 3.05) is 18.4 Å². The quantitative estimate of drug-likeness (QED) is 0.470. The van der Waals surface area contributed by atoms with Gasteiger partial charge in [0.15, 0.2) is 0 Å². The molecule has 3 heterocycles. The number of likely N-dealkylation sites (tertiary alicyclic amines) is 1. The van der Waals surface area contributed by atoms with Gasteiger partial charge in [-0.2, -0.15) is 0 Å². The number of benzene rings is 2. The van der Waals surface area contributed by atoms with E-state index in [9.17, 15) is 14.3 Å². The molecule has 0 bridgehead atoms. The third-order valence-corrected chi connectivity index (χ3v) is 6.01. The highest BCUT2D eigenvalue weighted by molar-refractivity contribution is 6.03. The predicted octanol–water partition coefficient (Wildman–Crippen LogP) is 4.04. The number of aliphatic hydroxyl groups excluding tert-OH is 1. The number of nitrogens with zero attached hydrogens (tertiary/aromatic N) is 4. The van der Waals surface area contributed by atoms with Gasteiger partial charge >= 0.3 is 0 Å². The Kier molecular flexibility index (Phi) is 6.24. The maximum atomic E-state index is 13.1. The van der Waals surface area contributed by atoms with E-state index in [0.29, 0.717) is 11.1 Å². The van der Waals surface area contributed by atoms with E-state index in [1.807, 2.05) is 30.6 Å². The van der Waals surface area contributed by atoms with Crippen LogP contribution in [0.1, 0.15) is 28.8 Å². The monoisotopic (exact) mass is 457 g/mol. The summed E-state index contributed by atoms with van der Waals surface area (Å²) < 4.78 is 13.1. The van der Waals surface area contributed by atoms with E-state index in [2.05, 4.69) is 31.2 Å². The predicted molar refractivity (Wildman–Crippen MR) is 128 cm³/mol. The van der Waals surface area contributed by atoms with Crippen molar-refractivity contribution in [3.05, 3.63) is 84.1 Å². The van der Waals surface area contributed by atoms with Crippen LogP contribution in [0, 0.1) is 5.82 Å². The van der Waals surface area contributed by atoms with Gasteiger partial charge < -0.3 is 5.11 Å². The van der Waals surface area contributed by atoms with E-state index in [0.717, 1.165) is 54.6 Å². The highest BCUT2D eigenvalue weighted by Crippen LogP contribution is 2.25. The number of hydrogen-bond donors (Lipinski definition) is 2. The number of amides is 1. The molecule has 172 valence electrons. The van der Waals surface area contributed by atoms with Gasteiger partial charge in [0, 0.05) is 54.7 Å². The fourth-order valence-corrected chi connectivity index (χ4v) is 4.11. The van der Waals surface area contributed by atoms with Crippen molar-refractivity contribution in [3.8, 4) is 11.1 Å². The zero-order chi connectivity index (χ0) is 23.5. The molecule has 1 aliphatic rings. The van der Waals surface area contributed by atoms with Gasteiger partial charge in [0.2, 0.25) is 5.95 Å². The van der Waals surface area contributed by atoms with Crippen molar-refractivity contribution < 1.29 is 14.3 Å². The van der Waals surface area contributed by atoms with Gasteiger partial charge in [0.05, 0.1) is 11.6 Å². The molecule has 0 spiro atoms. The largest absolute Gasteiger partial charge is 0.393 e. The summed E-state index contributed by atoms with van der Waals surface area (Å²) >= 11 is 0. The lowest BCUT2D eigenvalue weighted by atomic mass is 10.0. The number of piperidine rings is 1. The minimum absolute atomic E-state index is 0.179. The number of fused-ring (bicyclic) bond motifs is 1. The van der Waals surface area contributed by atoms with E-state index < -0.39 is 11.7 Å². The Hall–Kier alpha value is -3.75. The average Bonchev–Trinajstić information content (AvgIpc) is 2.85. The second kappa shape index (κ2) is 9.62.